The first kappa shape index (κ1) is 23.9. The quantitative estimate of drug-likeness (QED) is 0.170. The lowest BCUT2D eigenvalue weighted by molar-refractivity contribution is -0.118. The molecule has 0 saturated carbocycles. The Labute approximate surface area is 210 Å². The molecule has 3 aromatic carbocycles. The third-order valence-electron chi connectivity index (χ3n) is 4.70. The van der Waals surface area contributed by atoms with Gasteiger partial charge >= 0.3 is 0 Å². The number of carbonyl (C=O) groups is 1. The largest absolute Gasteiger partial charge is 0.493 e. The van der Waals surface area contributed by atoms with Gasteiger partial charge in [-0.25, -0.2) is 10.4 Å². The van der Waals surface area contributed by atoms with Gasteiger partial charge < -0.3 is 14.5 Å². The smallest absolute Gasteiger partial charge is 0.250 e. The van der Waals surface area contributed by atoms with E-state index < -0.39 is 0 Å². The van der Waals surface area contributed by atoms with Crippen molar-refractivity contribution in [2.24, 2.45) is 5.10 Å². The number of halogens is 2. The molecule has 4 aromatic rings. The van der Waals surface area contributed by atoms with Crippen molar-refractivity contribution in [3.05, 3.63) is 81.8 Å². The van der Waals surface area contributed by atoms with Crippen molar-refractivity contribution < 1.29 is 14.3 Å². The van der Waals surface area contributed by atoms with Crippen LogP contribution in [-0.4, -0.2) is 35.0 Å². The highest BCUT2D eigenvalue weighted by molar-refractivity contribution is 7.99. The summed E-state index contributed by atoms with van der Waals surface area (Å²) in [6.45, 7) is 0.239. The molecule has 0 atom stereocenters. The number of hydrazone groups is 1. The molecule has 1 amide bonds. The number of methoxy groups -OCH3 is 1. The SMILES string of the molecule is COc1ccc(/C=N/NC(=O)CSc2nc3ccccc3[nH]2)cc1OCc1ccc(Cl)cc1Cl. The van der Waals surface area contributed by atoms with Crippen LogP contribution in [0.25, 0.3) is 11.0 Å². The standard InChI is InChI=1S/C24H20Cl2N4O3S/c1-32-21-9-6-15(10-22(21)33-13-16-7-8-17(25)11-18(16)26)12-27-30-23(31)14-34-24-28-19-4-2-3-5-20(19)29-24/h2-12H,13-14H2,1H3,(H,28,29)(H,30,31)/b27-12+. The highest BCUT2D eigenvalue weighted by Gasteiger charge is 2.09. The van der Waals surface area contributed by atoms with Crippen molar-refractivity contribution in [2.45, 2.75) is 11.8 Å². The van der Waals surface area contributed by atoms with E-state index in [1.807, 2.05) is 24.3 Å². The van der Waals surface area contributed by atoms with E-state index in [0.29, 0.717) is 26.7 Å². The molecule has 0 aliphatic heterocycles. The van der Waals surface area contributed by atoms with Gasteiger partial charge in [0.1, 0.15) is 6.61 Å². The molecule has 4 rings (SSSR count). The number of carbonyl (C=O) groups excluding carboxylic acids is 1. The van der Waals surface area contributed by atoms with Crippen LogP contribution in [0.1, 0.15) is 11.1 Å². The molecule has 0 unspecified atom stereocenters. The van der Waals surface area contributed by atoms with Crippen molar-refractivity contribution >= 4 is 58.1 Å². The van der Waals surface area contributed by atoms with Gasteiger partial charge in [0.15, 0.2) is 16.7 Å². The molecule has 1 heterocycles. The van der Waals surface area contributed by atoms with E-state index in [4.69, 9.17) is 32.7 Å². The number of hydrogen-bond acceptors (Lipinski definition) is 6. The van der Waals surface area contributed by atoms with Gasteiger partial charge in [0, 0.05) is 15.6 Å². The second kappa shape index (κ2) is 11.3. The molecule has 0 radical (unpaired) electrons. The van der Waals surface area contributed by atoms with Gasteiger partial charge in [-0.05, 0) is 48.0 Å². The molecule has 174 valence electrons. The Morgan fingerprint density at radius 3 is 2.79 bits per heavy atom. The first-order valence-electron chi connectivity index (χ1n) is 10.2. The molecule has 2 N–H and O–H groups in total. The zero-order valence-corrected chi connectivity index (χ0v) is 20.4. The second-order valence-electron chi connectivity index (χ2n) is 7.08. The number of aromatic amines is 1. The summed E-state index contributed by atoms with van der Waals surface area (Å²) in [4.78, 5) is 19.8. The van der Waals surface area contributed by atoms with Crippen LogP contribution in [0.3, 0.4) is 0 Å². The Bertz CT molecular complexity index is 1310. The Morgan fingerprint density at radius 2 is 2.00 bits per heavy atom. The number of nitrogens with one attached hydrogen (secondary N) is 2. The van der Waals surface area contributed by atoms with E-state index in [1.165, 1.54) is 18.0 Å². The lowest BCUT2D eigenvalue weighted by atomic mass is 10.2. The van der Waals surface area contributed by atoms with Gasteiger partial charge in [-0.2, -0.15) is 5.10 Å². The van der Waals surface area contributed by atoms with Gasteiger partial charge in [0.2, 0.25) is 0 Å². The number of rotatable bonds is 9. The van der Waals surface area contributed by atoms with Crippen LogP contribution in [-0.2, 0) is 11.4 Å². The minimum absolute atomic E-state index is 0.177. The first-order valence-corrected chi connectivity index (χ1v) is 11.9. The zero-order chi connectivity index (χ0) is 23.9. The minimum Gasteiger partial charge on any atom is -0.493 e. The molecule has 1 aromatic heterocycles. The zero-order valence-electron chi connectivity index (χ0n) is 18.0. The second-order valence-corrected chi connectivity index (χ2v) is 8.88. The van der Waals surface area contributed by atoms with Gasteiger partial charge in [0.05, 0.1) is 30.1 Å². The van der Waals surface area contributed by atoms with Gasteiger partial charge in [-0.1, -0.05) is 53.2 Å². The van der Waals surface area contributed by atoms with E-state index in [0.717, 1.165) is 22.2 Å². The average Bonchev–Trinajstić information content (AvgIpc) is 3.25. The summed E-state index contributed by atoms with van der Waals surface area (Å²) < 4.78 is 11.3. The number of ether oxygens (including phenoxy) is 2. The third kappa shape index (κ3) is 6.22. The van der Waals surface area contributed by atoms with Gasteiger partial charge in [-0.3, -0.25) is 4.79 Å². The summed E-state index contributed by atoms with van der Waals surface area (Å²) in [6, 6.07) is 18.3. The number of imidazole rings is 1. The number of amides is 1. The van der Waals surface area contributed by atoms with Crippen LogP contribution in [0, 0.1) is 0 Å². The van der Waals surface area contributed by atoms with E-state index in [1.54, 1.807) is 43.5 Å². The first-order chi connectivity index (χ1) is 16.5. The molecule has 0 fully saturated rings. The maximum Gasteiger partial charge on any atom is 0.250 e. The molecule has 0 aliphatic carbocycles. The molecule has 0 spiro atoms. The predicted octanol–water partition coefficient (Wildman–Crippen LogP) is 5.70. The van der Waals surface area contributed by atoms with Crippen LogP contribution < -0.4 is 14.9 Å². The Morgan fingerprint density at radius 1 is 1.15 bits per heavy atom. The van der Waals surface area contributed by atoms with E-state index in [-0.39, 0.29) is 18.3 Å². The molecule has 0 bridgehead atoms. The summed E-state index contributed by atoms with van der Waals surface area (Å²) in [6.07, 6.45) is 1.53. The number of H-pyrrole nitrogens is 1. The highest BCUT2D eigenvalue weighted by atomic mass is 35.5. The van der Waals surface area contributed by atoms with Crippen molar-refractivity contribution in [1.29, 1.82) is 0 Å². The third-order valence-corrected chi connectivity index (χ3v) is 6.16. The van der Waals surface area contributed by atoms with Crippen LogP contribution in [0.5, 0.6) is 11.5 Å². The molecule has 0 aliphatic rings. The summed E-state index contributed by atoms with van der Waals surface area (Å²) in [5, 5.41) is 5.79. The van der Waals surface area contributed by atoms with Gasteiger partial charge in [-0.15, -0.1) is 0 Å². The van der Waals surface area contributed by atoms with Gasteiger partial charge in [0.25, 0.3) is 5.91 Å². The minimum atomic E-state index is -0.246. The van der Waals surface area contributed by atoms with Crippen LogP contribution in [0.4, 0.5) is 0 Å². The fraction of sp³-hybridized carbons (Fsp3) is 0.125. The molecule has 0 saturated heterocycles. The summed E-state index contributed by atoms with van der Waals surface area (Å²) in [7, 11) is 1.56. The summed E-state index contributed by atoms with van der Waals surface area (Å²) in [5.74, 6) is 1.01. The Balaban J connectivity index is 1.33. The fourth-order valence-electron chi connectivity index (χ4n) is 3.02. The van der Waals surface area contributed by atoms with Crippen molar-refractivity contribution in [2.75, 3.05) is 12.9 Å². The molecule has 34 heavy (non-hydrogen) atoms. The van der Waals surface area contributed by atoms with Crippen LogP contribution >= 0.6 is 35.0 Å². The van der Waals surface area contributed by atoms with E-state index in [9.17, 15) is 4.79 Å². The molecule has 10 heteroatoms. The number of aromatic nitrogens is 2. The van der Waals surface area contributed by atoms with Crippen molar-refractivity contribution in [1.82, 2.24) is 15.4 Å². The normalized spacial score (nSPS) is 11.1. The number of para-hydroxylation sites is 2. The Kier molecular flexibility index (Phi) is 7.95. The Hall–Kier alpha value is -3.20. The molecular weight excluding hydrogens is 495 g/mol. The number of hydrogen-bond donors (Lipinski definition) is 2. The summed E-state index contributed by atoms with van der Waals surface area (Å²) in [5.41, 5.74) is 5.83. The van der Waals surface area contributed by atoms with E-state index in [2.05, 4.69) is 20.5 Å². The average molecular weight is 515 g/mol. The fourth-order valence-corrected chi connectivity index (χ4v) is 4.16. The summed E-state index contributed by atoms with van der Waals surface area (Å²) >= 11 is 13.5. The monoisotopic (exact) mass is 514 g/mol. The number of fused-ring (bicyclic) bond motifs is 1. The van der Waals surface area contributed by atoms with Crippen molar-refractivity contribution in [3.8, 4) is 11.5 Å². The van der Waals surface area contributed by atoms with Crippen LogP contribution in [0.2, 0.25) is 10.0 Å². The molecular formula is C24H20Cl2N4O3S. The number of thioether (sulfide) groups is 1. The van der Waals surface area contributed by atoms with E-state index >= 15 is 0 Å². The number of benzene rings is 3. The molecule has 7 nitrogen and oxygen atoms in total. The highest BCUT2D eigenvalue weighted by Crippen LogP contribution is 2.30. The topological polar surface area (TPSA) is 88.6 Å². The van der Waals surface area contributed by atoms with Crippen LogP contribution in [0.15, 0.2) is 70.9 Å². The lowest BCUT2D eigenvalue weighted by Crippen LogP contribution is -2.19. The maximum atomic E-state index is 12.2. The maximum absolute atomic E-state index is 12.2. The lowest BCUT2D eigenvalue weighted by Gasteiger charge is -2.12. The number of nitrogens with zero attached hydrogens (tertiary/aromatic N) is 2. The predicted molar refractivity (Wildman–Crippen MR) is 136 cm³/mol. The van der Waals surface area contributed by atoms with Crippen molar-refractivity contribution in [3.63, 3.8) is 0 Å².